The summed E-state index contributed by atoms with van der Waals surface area (Å²) in [7, 11) is 1.48. The quantitative estimate of drug-likeness (QED) is 0.875. The number of hydrogen-bond donors (Lipinski definition) is 1. The Hall–Kier alpha value is -2.02. The minimum absolute atomic E-state index is 0.0234. The van der Waals surface area contributed by atoms with Crippen molar-refractivity contribution in [2.45, 2.75) is 12.2 Å². The normalized spacial score (nSPS) is 13.2. The third kappa shape index (κ3) is 3.18. The molecule has 1 aromatic carbocycles. The largest absolute Gasteiger partial charge is 0.417 e. The van der Waals surface area contributed by atoms with Gasteiger partial charge in [0.15, 0.2) is 11.6 Å². The Morgan fingerprint density at radius 2 is 1.81 bits per heavy atom. The van der Waals surface area contributed by atoms with Crippen molar-refractivity contribution >= 4 is 0 Å². The van der Waals surface area contributed by atoms with Crippen LogP contribution in [-0.2, 0) is 6.18 Å². The zero-order chi connectivity index (χ0) is 15.6. The molecule has 0 fully saturated rings. The van der Waals surface area contributed by atoms with Gasteiger partial charge in [-0.15, -0.1) is 0 Å². The molecule has 0 saturated heterocycles. The van der Waals surface area contributed by atoms with Gasteiger partial charge in [-0.2, -0.15) is 13.2 Å². The molecule has 0 bridgehead atoms. The molecule has 0 spiro atoms. The summed E-state index contributed by atoms with van der Waals surface area (Å²) < 4.78 is 64.4. The fourth-order valence-electron chi connectivity index (χ4n) is 1.95. The monoisotopic (exact) mass is 302 g/mol. The summed E-state index contributed by atoms with van der Waals surface area (Å²) >= 11 is 0. The lowest BCUT2D eigenvalue weighted by Crippen LogP contribution is -2.21. The maximum atomic E-state index is 13.8. The van der Waals surface area contributed by atoms with Gasteiger partial charge in [-0.25, -0.2) is 8.78 Å². The van der Waals surface area contributed by atoms with Gasteiger partial charge in [-0.3, -0.25) is 4.98 Å². The molecule has 2 rings (SSSR count). The highest BCUT2D eigenvalue weighted by Gasteiger charge is 2.31. The first-order chi connectivity index (χ1) is 9.84. The molecular weight excluding hydrogens is 291 g/mol. The summed E-state index contributed by atoms with van der Waals surface area (Å²) in [4.78, 5) is 3.69. The smallest absolute Gasteiger partial charge is 0.308 e. The Balaban J connectivity index is 2.40. The predicted molar refractivity (Wildman–Crippen MR) is 66.5 cm³/mol. The lowest BCUT2D eigenvalue weighted by atomic mass is 10.0. The van der Waals surface area contributed by atoms with E-state index >= 15 is 0 Å². The van der Waals surface area contributed by atoms with Gasteiger partial charge in [0.2, 0.25) is 0 Å². The molecule has 1 aromatic heterocycles. The third-order valence-electron chi connectivity index (χ3n) is 2.99. The van der Waals surface area contributed by atoms with E-state index in [9.17, 15) is 22.0 Å². The van der Waals surface area contributed by atoms with Gasteiger partial charge in [0, 0.05) is 11.8 Å². The van der Waals surface area contributed by atoms with Crippen molar-refractivity contribution in [3.8, 4) is 0 Å². The second kappa shape index (κ2) is 5.77. The highest BCUT2D eigenvalue weighted by molar-refractivity contribution is 5.31. The highest BCUT2D eigenvalue weighted by atomic mass is 19.4. The molecule has 0 radical (unpaired) electrons. The Morgan fingerprint density at radius 3 is 2.33 bits per heavy atom. The Labute approximate surface area is 117 Å². The average Bonchev–Trinajstić information content (AvgIpc) is 2.44. The first-order valence-electron chi connectivity index (χ1n) is 5.99. The molecule has 21 heavy (non-hydrogen) atoms. The van der Waals surface area contributed by atoms with Crippen LogP contribution in [0.5, 0.6) is 0 Å². The topological polar surface area (TPSA) is 24.9 Å². The second-order valence-corrected chi connectivity index (χ2v) is 4.33. The number of halogens is 5. The first-order valence-corrected chi connectivity index (χ1v) is 5.99. The summed E-state index contributed by atoms with van der Waals surface area (Å²) in [6.07, 6.45) is -3.83. The van der Waals surface area contributed by atoms with E-state index in [-0.39, 0.29) is 11.3 Å². The van der Waals surface area contributed by atoms with Crippen molar-refractivity contribution in [3.63, 3.8) is 0 Å². The zero-order valence-electron chi connectivity index (χ0n) is 10.9. The van der Waals surface area contributed by atoms with Crippen LogP contribution in [0.1, 0.15) is 22.9 Å². The van der Waals surface area contributed by atoms with E-state index in [1.54, 1.807) is 0 Å². The maximum Gasteiger partial charge on any atom is 0.417 e. The van der Waals surface area contributed by atoms with Crippen LogP contribution in [-0.4, -0.2) is 12.0 Å². The van der Waals surface area contributed by atoms with Gasteiger partial charge in [0.25, 0.3) is 0 Å². The molecule has 0 saturated carbocycles. The minimum atomic E-state index is -4.50. The molecule has 2 aromatic rings. The van der Waals surface area contributed by atoms with Crippen molar-refractivity contribution in [1.29, 1.82) is 0 Å². The molecule has 0 aliphatic heterocycles. The lowest BCUT2D eigenvalue weighted by molar-refractivity contribution is -0.137. The van der Waals surface area contributed by atoms with Gasteiger partial charge >= 0.3 is 6.18 Å². The summed E-state index contributed by atoms with van der Waals surface area (Å²) in [6, 6.07) is 4.77. The summed E-state index contributed by atoms with van der Waals surface area (Å²) in [5.74, 6) is -2.08. The van der Waals surface area contributed by atoms with E-state index in [1.807, 2.05) is 0 Å². The van der Waals surface area contributed by atoms with Crippen molar-refractivity contribution < 1.29 is 22.0 Å². The molecule has 7 heteroatoms. The van der Waals surface area contributed by atoms with Crippen molar-refractivity contribution in [2.24, 2.45) is 0 Å². The van der Waals surface area contributed by atoms with Crippen molar-refractivity contribution in [1.82, 2.24) is 10.3 Å². The fraction of sp³-hybridized carbons (Fsp3) is 0.214. The predicted octanol–water partition coefficient (Wildman–Crippen LogP) is 3.69. The van der Waals surface area contributed by atoms with Crippen LogP contribution in [0.2, 0.25) is 0 Å². The van der Waals surface area contributed by atoms with Gasteiger partial charge in [-0.1, -0.05) is 12.1 Å². The lowest BCUT2D eigenvalue weighted by Gasteiger charge is -2.17. The molecule has 0 amide bonds. The second-order valence-electron chi connectivity index (χ2n) is 4.33. The molecule has 0 aliphatic carbocycles. The Bertz CT molecular complexity index is 622. The number of nitrogens with zero attached hydrogens (tertiary/aromatic N) is 1. The third-order valence-corrected chi connectivity index (χ3v) is 2.99. The number of nitrogens with one attached hydrogen (secondary N) is 1. The van der Waals surface area contributed by atoms with Crippen molar-refractivity contribution in [2.75, 3.05) is 7.05 Å². The molecule has 1 atom stereocenters. The first kappa shape index (κ1) is 15.4. The minimum Gasteiger partial charge on any atom is -0.308 e. The summed E-state index contributed by atoms with van der Waals surface area (Å²) in [6.45, 7) is 0. The summed E-state index contributed by atoms with van der Waals surface area (Å²) in [5.41, 5.74) is -0.763. The van der Waals surface area contributed by atoms with E-state index in [0.29, 0.717) is 6.20 Å². The Morgan fingerprint density at radius 1 is 1.10 bits per heavy atom. The van der Waals surface area contributed by atoms with E-state index in [1.165, 1.54) is 19.2 Å². The van der Waals surface area contributed by atoms with Crippen LogP contribution in [0, 0.1) is 11.6 Å². The standard InChI is InChI=1S/C14H11F5N2/c1-20-13(9-3-2-4-10(15)12(9)16)11-6-5-8(7-21-11)14(17,18)19/h2-7,13,20H,1H3. The number of benzene rings is 1. The van der Waals surface area contributed by atoms with Gasteiger partial charge in [-0.05, 0) is 25.2 Å². The number of rotatable bonds is 3. The highest BCUT2D eigenvalue weighted by Crippen LogP contribution is 2.30. The molecule has 1 N–H and O–H groups in total. The number of alkyl halides is 3. The van der Waals surface area contributed by atoms with Crippen LogP contribution in [0.25, 0.3) is 0 Å². The van der Waals surface area contributed by atoms with Crippen LogP contribution >= 0.6 is 0 Å². The van der Waals surface area contributed by atoms with Crippen molar-refractivity contribution in [3.05, 3.63) is 65.0 Å². The molecule has 1 unspecified atom stereocenters. The fourth-order valence-corrected chi connectivity index (χ4v) is 1.95. The van der Waals surface area contributed by atoms with Crippen LogP contribution < -0.4 is 5.32 Å². The average molecular weight is 302 g/mol. The molecule has 112 valence electrons. The van der Waals surface area contributed by atoms with Gasteiger partial charge in [0.05, 0.1) is 17.3 Å². The van der Waals surface area contributed by atoms with Crippen LogP contribution in [0.15, 0.2) is 36.5 Å². The molecule has 2 nitrogen and oxygen atoms in total. The van der Waals surface area contributed by atoms with Gasteiger partial charge in [0.1, 0.15) is 0 Å². The van der Waals surface area contributed by atoms with E-state index in [2.05, 4.69) is 10.3 Å². The van der Waals surface area contributed by atoms with E-state index in [4.69, 9.17) is 0 Å². The SMILES string of the molecule is CNC(c1ccc(C(F)(F)F)cn1)c1cccc(F)c1F. The molecular formula is C14H11F5N2. The van der Waals surface area contributed by atoms with Gasteiger partial charge < -0.3 is 5.32 Å². The van der Waals surface area contributed by atoms with Crippen LogP contribution in [0.4, 0.5) is 22.0 Å². The van der Waals surface area contributed by atoms with Crippen LogP contribution in [0.3, 0.4) is 0 Å². The number of hydrogen-bond acceptors (Lipinski definition) is 2. The maximum absolute atomic E-state index is 13.8. The summed E-state index contributed by atoms with van der Waals surface area (Å²) in [5, 5.41) is 2.71. The number of aromatic nitrogens is 1. The molecule has 0 aliphatic rings. The Kier molecular flexibility index (Phi) is 4.22. The zero-order valence-corrected chi connectivity index (χ0v) is 10.9. The number of pyridine rings is 1. The van der Waals surface area contributed by atoms with E-state index in [0.717, 1.165) is 18.2 Å². The van der Waals surface area contributed by atoms with E-state index < -0.39 is 29.4 Å². The molecule has 1 heterocycles.